The van der Waals surface area contributed by atoms with E-state index in [9.17, 15) is 4.79 Å². The molecular formula is C4H7O2S. The summed E-state index contributed by atoms with van der Waals surface area (Å²) in [6, 6.07) is 0. The molecule has 2 nitrogen and oxygen atoms in total. The van der Waals surface area contributed by atoms with Crippen molar-refractivity contribution in [1.82, 2.24) is 0 Å². The van der Waals surface area contributed by atoms with Gasteiger partial charge in [0, 0.05) is 5.75 Å². The standard InChI is InChI=1S/C4H7O2S/c1-3-7-4(5)6-2/h2-3H2,1H3. The molecule has 0 amide bonds. The third-order valence-electron chi connectivity index (χ3n) is 0.380. The Kier molecular flexibility index (Phi) is 3.89. The Hall–Kier alpha value is -0.180. The minimum atomic E-state index is -0.317. The highest BCUT2D eigenvalue weighted by molar-refractivity contribution is 8.13. The Bertz CT molecular complexity index is 62.7. The fraction of sp³-hybridized carbons (Fsp3) is 0.500. The zero-order chi connectivity index (χ0) is 5.70. The van der Waals surface area contributed by atoms with Gasteiger partial charge in [0.2, 0.25) is 0 Å². The van der Waals surface area contributed by atoms with Crippen LogP contribution in [0.1, 0.15) is 6.92 Å². The first-order valence-electron chi connectivity index (χ1n) is 1.90. The summed E-state index contributed by atoms with van der Waals surface area (Å²) in [4.78, 5) is 10.1. The van der Waals surface area contributed by atoms with E-state index in [0.717, 1.165) is 17.5 Å². The van der Waals surface area contributed by atoms with Crippen molar-refractivity contribution in [3.63, 3.8) is 0 Å². The molecule has 0 aromatic heterocycles. The number of carbonyl (C=O) groups excluding carboxylic acids is 1. The van der Waals surface area contributed by atoms with Crippen LogP contribution in [0.5, 0.6) is 0 Å². The van der Waals surface area contributed by atoms with Gasteiger partial charge in [-0.1, -0.05) is 6.92 Å². The first-order chi connectivity index (χ1) is 3.31. The lowest BCUT2D eigenvalue weighted by Crippen LogP contribution is -1.87. The van der Waals surface area contributed by atoms with Crippen LogP contribution in [0, 0.1) is 7.11 Å². The highest BCUT2D eigenvalue weighted by atomic mass is 32.2. The van der Waals surface area contributed by atoms with Gasteiger partial charge in [-0.25, -0.2) is 4.79 Å². The molecule has 0 aliphatic carbocycles. The smallest absolute Gasteiger partial charge is 0.367 e. The summed E-state index contributed by atoms with van der Waals surface area (Å²) in [5.74, 6) is 0.744. The summed E-state index contributed by atoms with van der Waals surface area (Å²) >= 11 is 1.11. The van der Waals surface area contributed by atoms with Crippen molar-refractivity contribution >= 4 is 17.1 Å². The molecule has 3 heteroatoms. The van der Waals surface area contributed by atoms with E-state index >= 15 is 0 Å². The number of rotatable bonds is 1. The number of ether oxygens (including phenoxy) is 1. The predicted octanol–water partition coefficient (Wildman–Crippen LogP) is 1.67. The second-order valence-corrected chi connectivity index (χ2v) is 2.03. The summed E-state index contributed by atoms with van der Waals surface area (Å²) < 4.78 is 4.06. The fourth-order valence-corrected chi connectivity index (χ4v) is 0.479. The average molecular weight is 119 g/mol. The number of hydrogen-bond donors (Lipinski definition) is 0. The van der Waals surface area contributed by atoms with E-state index in [1.165, 1.54) is 0 Å². The molecule has 0 atom stereocenters. The van der Waals surface area contributed by atoms with Crippen LogP contribution in [-0.2, 0) is 4.74 Å². The van der Waals surface area contributed by atoms with Crippen LogP contribution >= 0.6 is 11.8 Å². The zero-order valence-corrected chi connectivity index (χ0v) is 4.96. The molecule has 0 rings (SSSR count). The van der Waals surface area contributed by atoms with Crippen molar-refractivity contribution in [3.05, 3.63) is 7.11 Å². The summed E-state index contributed by atoms with van der Waals surface area (Å²) in [6.07, 6.45) is 0. The molecule has 0 saturated heterocycles. The molecule has 0 aliphatic rings. The first kappa shape index (κ1) is 6.82. The summed E-state index contributed by atoms with van der Waals surface area (Å²) in [5.41, 5.74) is 0. The molecule has 41 valence electrons. The SMILES string of the molecule is [CH2]OC(=O)SCC. The average Bonchev–Trinajstić information content (AvgIpc) is 1.68. The lowest BCUT2D eigenvalue weighted by Gasteiger charge is -1.89. The number of hydrogen-bond acceptors (Lipinski definition) is 3. The van der Waals surface area contributed by atoms with E-state index in [2.05, 4.69) is 11.8 Å². The van der Waals surface area contributed by atoms with E-state index in [1.54, 1.807) is 0 Å². The quantitative estimate of drug-likeness (QED) is 0.491. The van der Waals surface area contributed by atoms with E-state index in [4.69, 9.17) is 0 Å². The highest BCUT2D eigenvalue weighted by Crippen LogP contribution is 2.01. The fourth-order valence-electron chi connectivity index (χ4n) is 0.160. The largest absolute Gasteiger partial charge is 0.454 e. The van der Waals surface area contributed by atoms with Crippen LogP contribution < -0.4 is 0 Å². The first-order valence-corrected chi connectivity index (χ1v) is 2.88. The van der Waals surface area contributed by atoms with Gasteiger partial charge in [0.05, 0.1) is 0 Å². The Labute approximate surface area is 47.2 Å². The maximum atomic E-state index is 10.1. The zero-order valence-electron chi connectivity index (χ0n) is 4.14. The third-order valence-corrected chi connectivity index (χ3v) is 1.02. The lowest BCUT2D eigenvalue weighted by molar-refractivity contribution is 0.212. The molecule has 0 bridgehead atoms. The molecule has 7 heavy (non-hydrogen) atoms. The second kappa shape index (κ2) is 3.99. The molecule has 1 radical (unpaired) electrons. The molecule has 0 spiro atoms. The lowest BCUT2D eigenvalue weighted by atomic mass is 11.0. The van der Waals surface area contributed by atoms with Gasteiger partial charge in [0.15, 0.2) is 0 Å². The van der Waals surface area contributed by atoms with E-state index in [-0.39, 0.29) is 5.30 Å². The predicted molar refractivity (Wildman–Crippen MR) is 30.0 cm³/mol. The normalized spacial score (nSPS) is 8.29. The maximum absolute atomic E-state index is 10.1. The van der Waals surface area contributed by atoms with Gasteiger partial charge in [-0.05, 0) is 11.8 Å². The molecule has 0 fully saturated rings. The highest BCUT2D eigenvalue weighted by Gasteiger charge is 1.93. The van der Waals surface area contributed by atoms with Crippen molar-refractivity contribution in [2.45, 2.75) is 6.92 Å². The van der Waals surface area contributed by atoms with Crippen molar-refractivity contribution in [1.29, 1.82) is 0 Å². The Morgan fingerprint density at radius 2 is 2.57 bits per heavy atom. The number of thioether (sulfide) groups is 1. The monoisotopic (exact) mass is 119 g/mol. The Morgan fingerprint density at radius 3 is 2.71 bits per heavy atom. The van der Waals surface area contributed by atoms with Crippen molar-refractivity contribution in [3.8, 4) is 0 Å². The van der Waals surface area contributed by atoms with Gasteiger partial charge in [0.25, 0.3) is 0 Å². The second-order valence-electron chi connectivity index (χ2n) is 0.827. The Balaban J connectivity index is 3.00. The minimum absolute atomic E-state index is 0.317. The summed E-state index contributed by atoms with van der Waals surface area (Å²) in [6.45, 7) is 1.88. The van der Waals surface area contributed by atoms with Gasteiger partial charge in [-0.3, -0.25) is 0 Å². The van der Waals surface area contributed by atoms with Crippen LogP contribution in [0.3, 0.4) is 0 Å². The molecule has 0 aromatic carbocycles. The molecular weight excluding hydrogens is 112 g/mol. The van der Waals surface area contributed by atoms with Crippen molar-refractivity contribution in [2.75, 3.05) is 5.75 Å². The van der Waals surface area contributed by atoms with Gasteiger partial charge >= 0.3 is 5.30 Å². The Morgan fingerprint density at radius 1 is 2.00 bits per heavy atom. The molecule has 0 aromatic rings. The van der Waals surface area contributed by atoms with Gasteiger partial charge < -0.3 is 4.74 Å². The third kappa shape index (κ3) is 3.66. The summed E-state index contributed by atoms with van der Waals surface area (Å²) in [5, 5.41) is -0.317. The maximum Gasteiger partial charge on any atom is 0.367 e. The molecule has 0 saturated carbocycles. The van der Waals surface area contributed by atoms with E-state index in [1.807, 2.05) is 6.92 Å². The van der Waals surface area contributed by atoms with Crippen LogP contribution in [0.15, 0.2) is 0 Å². The molecule has 0 N–H and O–H groups in total. The minimum Gasteiger partial charge on any atom is -0.454 e. The van der Waals surface area contributed by atoms with Crippen molar-refractivity contribution in [2.24, 2.45) is 0 Å². The van der Waals surface area contributed by atoms with Gasteiger partial charge in [-0.15, -0.1) is 0 Å². The molecule has 0 heterocycles. The van der Waals surface area contributed by atoms with Crippen LogP contribution in [0.2, 0.25) is 0 Å². The van der Waals surface area contributed by atoms with Crippen molar-refractivity contribution < 1.29 is 9.53 Å². The molecule has 0 unspecified atom stereocenters. The van der Waals surface area contributed by atoms with E-state index in [0.29, 0.717) is 0 Å². The number of carbonyl (C=O) groups is 1. The topological polar surface area (TPSA) is 26.3 Å². The van der Waals surface area contributed by atoms with Crippen LogP contribution in [0.4, 0.5) is 4.79 Å². The van der Waals surface area contributed by atoms with Gasteiger partial charge in [0.1, 0.15) is 7.11 Å². The van der Waals surface area contributed by atoms with Crippen LogP contribution in [-0.4, -0.2) is 11.1 Å². The van der Waals surface area contributed by atoms with Crippen LogP contribution in [0.25, 0.3) is 0 Å². The molecule has 0 aliphatic heterocycles. The van der Waals surface area contributed by atoms with E-state index < -0.39 is 0 Å². The van der Waals surface area contributed by atoms with Gasteiger partial charge in [-0.2, -0.15) is 0 Å². The summed E-state index contributed by atoms with van der Waals surface area (Å²) in [7, 11) is 2.93.